The number of benzene rings is 3. The fraction of sp³-hybridized carbons (Fsp3) is 0.333. The first-order valence-corrected chi connectivity index (χ1v) is 14.9. The largest absolute Gasteiger partial charge is 0.350 e. The van der Waals surface area contributed by atoms with Crippen LogP contribution in [0.15, 0.2) is 82.2 Å². The molecule has 1 N–H and O–H groups in total. The number of carbonyl (C=O) groups excluding carboxylic acids is 2. The highest BCUT2D eigenvalue weighted by molar-refractivity contribution is 9.10. The number of hydrogen-bond acceptors (Lipinski definition) is 4. The zero-order chi connectivity index (χ0) is 29.0. The first kappa shape index (κ1) is 30.4. The van der Waals surface area contributed by atoms with Crippen LogP contribution in [0.4, 0.5) is 5.69 Å². The van der Waals surface area contributed by atoms with E-state index in [1.54, 1.807) is 56.3 Å². The summed E-state index contributed by atoms with van der Waals surface area (Å²) in [5.74, 6) is -0.819. The fourth-order valence-corrected chi connectivity index (χ4v) is 6.01. The lowest BCUT2D eigenvalue weighted by molar-refractivity contribution is -0.140. The van der Waals surface area contributed by atoms with Crippen molar-refractivity contribution in [2.24, 2.45) is 0 Å². The molecule has 0 aromatic heterocycles. The van der Waals surface area contributed by atoms with Crippen LogP contribution in [0.3, 0.4) is 0 Å². The molecule has 3 aromatic carbocycles. The summed E-state index contributed by atoms with van der Waals surface area (Å²) in [7, 11) is -4.10. The van der Waals surface area contributed by atoms with E-state index in [1.807, 2.05) is 58.0 Å². The lowest BCUT2D eigenvalue weighted by Crippen LogP contribution is -2.54. The van der Waals surface area contributed by atoms with Gasteiger partial charge in [-0.1, -0.05) is 64.0 Å². The Bertz CT molecular complexity index is 1430. The Kier molecular flexibility index (Phi) is 9.61. The maximum Gasteiger partial charge on any atom is 0.264 e. The van der Waals surface area contributed by atoms with Crippen molar-refractivity contribution in [1.82, 2.24) is 10.2 Å². The van der Waals surface area contributed by atoms with E-state index >= 15 is 0 Å². The minimum absolute atomic E-state index is 0.0845. The lowest BCUT2D eigenvalue weighted by Gasteiger charge is -2.33. The molecule has 2 amide bonds. The molecule has 3 rings (SSSR count). The highest BCUT2D eigenvalue weighted by Crippen LogP contribution is 2.27. The van der Waals surface area contributed by atoms with Crippen LogP contribution in [-0.2, 0) is 26.2 Å². The Morgan fingerprint density at radius 3 is 2.18 bits per heavy atom. The van der Waals surface area contributed by atoms with Crippen molar-refractivity contribution in [3.05, 3.63) is 94.0 Å². The molecule has 39 heavy (non-hydrogen) atoms. The number of aryl methyl sites for hydroxylation is 2. The van der Waals surface area contributed by atoms with E-state index in [1.165, 1.54) is 4.90 Å². The molecule has 9 heteroatoms. The van der Waals surface area contributed by atoms with E-state index in [2.05, 4.69) is 21.2 Å². The maximum atomic E-state index is 14.0. The average Bonchev–Trinajstić information content (AvgIpc) is 2.85. The first-order chi connectivity index (χ1) is 18.2. The van der Waals surface area contributed by atoms with Crippen LogP contribution in [0.5, 0.6) is 0 Å². The zero-order valence-corrected chi connectivity index (χ0v) is 25.6. The van der Waals surface area contributed by atoms with E-state index in [9.17, 15) is 18.0 Å². The van der Waals surface area contributed by atoms with Crippen LogP contribution in [0.1, 0.15) is 44.4 Å². The Morgan fingerprint density at radius 1 is 0.949 bits per heavy atom. The molecule has 0 saturated carbocycles. The summed E-state index contributed by atoms with van der Waals surface area (Å²) in [5.41, 5.74) is 2.33. The molecule has 0 radical (unpaired) electrons. The van der Waals surface area contributed by atoms with Gasteiger partial charge in [0.15, 0.2) is 0 Å². The van der Waals surface area contributed by atoms with Crippen LogP contribution in [0, 0.1) is 13.8 Å². The van der Waals surface area contributed by atoms with Crippen molar-refractivity contribution in [3.63, 3.8) is 0 Å². The molecule has 0 heterocycles. The number of sulfonamides is 1. The molecule has 0 aliphatic heterocycles. The Balaban J connectivity index is 2.05. The second kappa shape index (κ2) is 12.3. The van der Waals surface area contributed by atoms with E-state index in [0.29, 0.717) is 11.3 Å². The van der Waals surface area contributed by atoms with Crippen molar-refractivity contribution < 1.29 is 18.0 Å². The van der Waals surface area contributed by atoms with Gasteiger partial charge in [-0.25, -0.2) is 8.42 Å². The van der Waals surface area contributed by atoms with Crippen molar-refractivity contribution in [2.45, 2.75) is 64.6 Å². The quantitative estimate of drug-likeness (QED) is 0.341. The topological polar surface area (TPSA) is 86.8 Å². The molecule has 0 aliphatic rings. The van der Waals surface area contributed by atoms with Crippen molar-refractivity contribution in [2.75, 3.05) is 10.8 Å². The number of carbonyl (C=O) groups is 2. The van der Waals surface area contributed by atoms with Crippen LogP contribution < -0.4 is 9.62 Å². The summed E-state index contributed by atoms with van der Waals surface area (Å²) < 4.78 is 29.8. The van der Waals surface area contributed by atoms with Gasteiger partial charge in [-0.2, -0.15) is 0 Å². The predicted molar refractivity (Wildman–Crippen MR) is 159 cm³/mol. The summed E-state index contributed by atoms with van der Waals surface area (Å²) in [5, 5.41) is 2.93. The van der Waals surface area contributed by atoms with E-state index in [0.717, 1.165) is 19.9 Å². The molecule has 0 fully saturated rings. The van der Waals surface area contributed by atoms with Crippen LogP contribution in [0.2, 0.25) is 0 Å². The third kappa shape index (κ3) is 7.92. The maximum absolute atomic E-state index is 14.0. The summed E-state index contributed by atoms with van der Waals surface area (Å²) in [6.45, 7) is 10.6. The van der Waals surface area contributed by atoms with Crippen LogP contribution >= 0.6 is 15.9 Å². The van der Waals surface area contributed by atoms with Gasteiger partial charge in [-0.3, -0.25) is 13.9 Å². The number of halogens is 1. The molecule has 7 nitrogen and oxygen atoms in total. The molecule has 208 valence electrons. The Labute approximate surface area is 240 Å². The molecule has 0 unspecified atom stereocenters. The van der Waals surface area contributed by atoms with Crippen LogP contribution in [-0.4, -0.2) is 43.3 Å². The fourth-order valence-electron chi connectivity index (χ4n) is 4.08. The van der Waals surface area contributed by atoms with Gasteiger partial charge in [0.1, 0.15) is 12.6 Å². The van der Waals surface area contributed by atoms with Crippen molar-refractivity contribution in [1.29, 1.82) is 0 Å². The minimum Gasteiger partial charge on any atom is -0.350 e. The first-order valence-electron chi connectivity index (χ1n) is 12.7. The molecular formula is C30H36BrN3O4S. The van der Waals surface area contributed by atoms with E-state index < -0.39 is 34.1 Å². The van der Waals surface area contributed by atoms with Gasteiger partial charge in [0, 0.05) is 16.6 Å². The standard InChI is InChI=1S/C30H36BrN3O4S/c1-21-14-16-26(17-15-21)39(37,38)34(27-13-8-7-10-22(27)2)20-28(35)33(19-24-11-9-12-25(31)18-24)23(3)29(36)32-30(4,5)6/h7-18,23H,19-20H2,1-6H3,(H,32,36)/t23-/m1/s1. The normalized spacial score (nSPS) is 12.5. The number of nitrogens with zero attached hydrogens (tertiary/aromatic N) is 2. The Morgan fingerprint density at radius 2 is 1.59 bits per heavy atom. The molecular weight excluding hydrogens is 578 g/mol. The number of para-hydroxylation sites is 1. The monoisotopic (exact) mass is 613 g/mol. The van der Waals surface area contributed by atoms with Gasteiger partial charge in [0.25, 0.3) is 10.0 Å². The average molecular weight is 615 g/mol. The third-order valence-corrected chi connectivity index (χ3v) is 8.45. The molecule has 0 saturated heterocycles. The van der Waals surface area contributed by atoms with Gasteiger partial charge in [-0.15, -0.1) is 0 Å². The molecule has 0 spiro atoms. The molecule has 1 atom stereocenters. The van der Waals surface area contributed by atoms with E-state index in [-0.39, 0.29) is 17.3 Å². The summed E-state index contributed by atoms with van der Waals surface area (Å²) >= 11 is 3.46. The van der Waals surface area contributed by atoms with Gasteiger partial charge in [0.2, 0.25) is 11.8 Å². The molecule has 0 bridgehead atoms. The van der Waals surface area contributed by atoms with Gasteiger partial charge < -0.3 is 10.2 Å². The number of anilines is 1. The van der Waals surface area contributed by atoms with Crippen molar-refractivity contribution in [3.8, 4) is 0 Å². The van der Waals surface area contributed by atoms with Crippen LogP contribution in [0.25, 0.3) is 0 Å². The third-order valence-electron chi connectivity index (χ3n) is 6.18. The number of rotatable bonds is 9. The lowest BCUT2D eigenvalue weighted by atomic mass is 10.1. The van der Waals surface area contributed by atoms with Crippen molar-refractivity contribution >= 4 is 43.5 Å². The smallest absolute Gasteiger partial charge is 0.264 e. The SMILES string of the molecule is Cc1ccc(S(=O)(=O)N(CC(=O)N(Cc2cccc(Br)c2)[C@H](C)C(=O)NC(C)(C)C)c2ccccc2C)cc1. The number of nitrogens with one attached hydrogen (secondary N) is 1. The predicted octanol–water partition coefficient (Wildman–Crippen LogP) is 5.59. The highest BCUT2D eigenvalue weighted by atomic mass is 79.9. The second-order valence-electron chi connectivity index (χ2n) is 10.7. The second-order valence-corrected chi connectivity index (χ2v) is 13.5. The minimum atomic E-state index is -4.10. The number of amides is 2. The highest BCUT2D eigenvalue weighted by Gasteiger charge is 2.33. The summed E-state index contributed by atoms with van der Waals surface area (Å²) in [6.07, 6.45) is 0. The summed E-state index contributed by atoms with van der Waals surface area (Å²) in [4.78, 5) is 28.7. The molecule has 3 aromatic rings. The zero-order valence-electron chi connectivity index (χ0n) is 23.2. The van der Waals surface area contributed by atoms with Gasteiger partial charge >= 0.3 is 0 Å². The molecule has 0 aliphatic carbocycles. The van der Waals surface area contributed by atoms with Gasteiger partial charge in [-0.05, 0) is 83.0 Å². The Hall–Kier alpha value is -3.17. The summed E-state index contributed by atoms with van der Waals surface area (Å²) in [6, 6.07) is 20.2. The van der Waals surface area contributed by atoms with E-state index in [4.69, 9.17) is 0 Å². The number of hydrogen-bond donors (Lipinski definition) is 1. The van der Waals surface area contributed by atoms with Gasteiger partial charge in [0.05, 0.1) is 10.6 Å².